The summed E-state index contributed by atoms with van der Waals surface area (Å²) in [6, 6.07) is 0. The van der Waals surface area contributed by atoms with Gasteiger partial charge in [0.05, 0.1) is 5.60 Å². The maximum absolute atomic E-state index is 10.5. The molecule has 1 aliphatic rings. The van der Waals surface area contributed by atoms with Gasteiger partial charge in [-0.05, 0) is 38.6 Å². The summed E-state index contributed by atoms with van der Waals surface area (Å²) in [4.78, 5) is 0. The van der Waals surface area contributed by atoms with Crippen LogP contribution < -0.4 is 5.32 Å². The van der Waals surface area contributed by atoms with Crippen molar-refractivity contribution in [2.75, 3.05) is 13.1 Å². The predicted molar refractivity (Wildman–Crippen MR) is 69.6 cm³/mol. The first kappa shape index (κ1) is 14.0. The third-order valence-corrected chi connectivity index (χ3v) is 3.96. The van der Waals surface area contributed by atoms with E-state index in [0.717, 1.165) is 19.5 Å². The number of unbranched alkanes of at least 4 members (excludes halogenated alkanes) is 4. The van der Waals surface area contributed by atoms with Crippen LogP contribution in [0.25, 0.3) is 0 Å². The number of nitrogens with one attached hydrogen (secondary N) is 1. The minimum atomic E-state index is -0.445. The van der Waals surface area contributed by atoms with Gasteiger partial charge in [0.1, 0.15) is 0 Å². The van der Waals surface area contributed by atoms with Crippen molar-refractivity contribution >= 4 is 0 Å². The van der Waals surface area contributed by atoms with Crippen LogP contribution in [0.1, 0.15) is 65.2 Å². The number of piperidine rings is 1. The Balaban J connectivity index is 2.16. The first-order valence-electron chi connectivity index (χ1n) is 7.10. The van der Waals surface area contributed by atoms with Crippen LogP contribution in [0.2, 0.25) is 0 Å². The van der Waals surface area contributed by atoms with Crippen molar-refractivity contribution < 1.29 is 5.11 Å². The lowest BCUT2D eigenvalue weighted by molar-refractivity contribution is -0.0199. The largest absolute Gasteiger partial charge is 0.390 e. The van der Waals surface area contributed by atoms with Gasteiger partial charge in [0.25, 0.3) is 0 Å². The van der Waals surface area contributed by atoms with Crippen LogP contribution in [0, 0.1) is 5.92 Å². The van der Waals surface area contributed by atoms with E-state index in [1.807, 2.05) is 6.92 Å². The van der Waals surface area contributed by atoms with Crippen molar-refractivity contribution in [3.8, 4) is 0 Å². The van der Waals surface area contributed by atoms with Gasteiger partial charge in [-0.3, -0.25) is 0 Å². The molecule has 0 radical (unpaired) electrons. The van der Waals surface area contributed by atoms with Crippen LogP contribution in [0.5, 0.6) is 0 Å². The monoisotopic (exact) mass is 227 g/mol. The molecule has 0 aromatic heterocycles. The van der Waals surface area contributed by atoms with E-state index >= 15 is 0 Å². The highest BCUT2D eigenvalue weighted by molar-refractivity contribution is 4.85. The average molecular weight is 227 g/mol. The van der Waals surface area contributed by atoms with E-state index in [4.69, 9.17) is 0 Å². The molecule has 0 aromatic carbocycles. The van der Waals surface area contributed by atoms with Crippen LogP contribution >= 0.6 is 0 Å². The van der Waals surface area contributed by atoms with Gasteiger partial charge in [-0.25, -0.2) is 0 Å². The number of rotatable bonds is 7. The van der Waals surface area contributed by atoms with Gasteiger partial charge in [0, 0.05) is 6.54 Å². The van der Waals surface area contributed by atoms with Crippen LogP contribution in [0.4, 0.5) is 0 Å². The maximum Gasteiger partial charge on any atom is 0.0659 e. The molecule has 0 spiro atoms. The van der Waals surface area contributed by atoms with E-state index in [-0.39, 0.29) is 0 Å². The third kappa shape index (κ3) is 4.84. The Hall–Kier alpha value is -0.0800. The normalized spacial score (nSPS) is 25.3. The van der Waals surface area contributed by atoms with Gasteiger partial charge < -0.3 is 10.4 Å². The van der Waals surface area contributed by atoms with Gasteiger partial charge in [-0.2, -0.15) is 0 Å². The fourth-order valence-corrected chi connectivity index (χ4v) is 2.67. The number of hydrogen-bond acceptors (Lipinski definition) is 2. The van der Waals surface area contributed by atoms with Crippen molar-refractivity contribution in [1.29, 1.82) is 0 Å². The summed E-state index contributed by atoms with van der Waals surface area (Å²) < 4.78 is 0. The second-order valence-electron chi connectivity index (χ2n) is 5.56. The maximum atomic E-state index is 10.5. The molecule has 1 heterocycles. The Morgan fingerprint density at radius 3 is 2.62 bits per heavy atom. The lowest BCUT2D eigenvalue weighted by Crippen LogP contribution is -2.44. The second kappa shape index (κ2) is 7.29. The molecule has 0 aromatic rings. The zero-order chi connectivity index (χ0) is 11.9. The molecule has 1 saturated heterocycles. The van der Waals surface area contributed by atoms with Crippen LogP contribution in [0.15, 0.2) is 0 Å². The predicted octanol–water partition coefficient (Wildman–Crippen LogP) is 3.10. The molecule has 2 unspecified atom stereocenters. The highest BCUT2D eigenvalue weighted by atomic mass is 16.3. The molecule has 2 N–H and O–H groups in total. The third-order valence-electron chi connectivity index (χ3n) is 3.96. The Bertz CT molecular complexity index is 174. The molecule has 1 aliphatic heterocycles. The standard InChI is InChI=1S/C14H29NO/c1-3-4-5-6-7-10-14(2,16)13-9-8-11-15-12-13/h13,15-16H,3-12H2,1-2H3. The van der Waals surface area contributed by atoms with Gasteiger partial charge in [0.2, 0.25) is 0 Å². The summed E-state index contributed by atoms with van der Waals surface area (Å²) in [7, 11) is 0. The second-order valence-corrected chi connectivity index (χ2v) is 5.56. The molecule has 0 amide bonds. The molecule has 96 valence electrons. The van der Waals surface area contributed by atoms with Crippen molar-refractivity contribution in [3.05, 3.63) is 0 Å². The van der Waals surface area contributed by atoms with E-state index in [9.17, 15) is 5.11 Å². The minimum Gasteiger partial charge on any atom is -0.390 e. The zero-order valence-corrected chi connectivity index (χ0v) is 11.1. The number of aliphatic hydroxyl groups is 1. The van der Waals surface area contributed by atoms with Crippen molar-refractivity contribution in [1.82, 2.24) is 5.32 Å². The smallest absolute Gasteiger partial charge is 0.0659 e. The van der Waals surface area contributed by atoms with Gasteiger partial charge in [-0.1, -0.05) is 39.0 Å². The Morgan fingerprint density at radius 1 is 1.25 bits per heavy atom. The van der Waals surface area contributed by atoms with Crippen LogP contribution in [-0.4, -0.2) is 23.8 Å². The van der Waals surface area contributed by atoms with Crippen molar-refractivity contribution in [2.24, 2.45) is 5.92 Å². The summed E-state index contributed by atoms with van der Waals surface area (Å²) >= 11 is 0. The summed E-state index contributed by atoms with van der Waals surface area (Å²) in [5, 5.41) is 13.8. The molecule has 2 nitrogen and oxygen atoms in total. The van der Waals surface area contributed by atoms with Crippen LogP contribution in [-0.2, 0) is 0 Å². The quantitative estimate of drug-likeness (QED) is 0.655. The summed E-state index contributed by atoms with van der Waals surface area (Å²) in [5.41, 5.74) is -0.445. The Morgan fingerprint density at radius 2 is 2.00 bits per heavy atom. The van der Waals surface area contributed by atoms with Crippen molar-refractivity contribution in [2.45, 2.75) is 70.8 Å². The fourth-order valence-electron chi connectivity index (χ4n) is 2.67. The zero-order valence-electron chi connectivity index (χ0n) is 11.1. The van der Waals surface area contributed by atoms with Gasteiger partial charge in [-0.15, -0.1) is 0 Å². The number of hydrogen-bond donors (Lipinski definition) is 2. The van der Waals surface area contributed by atoms with Gasteiger partial charge >= 0.3 is 0 Å². The van der Waals surface area contributed by atoms with E-state index in [0.29, 0.717) is 5.92 Å². The van der Waals surface area contributed by atoms with Crippen molar-refractivity contribution in [3.63, 3.8) is 0 Å². The molecule has 2 atom stereocenters. The lowest BCUT2D eigenvalue weighted by Gasteiger charge is -2.36. The molecule has 0 bridgehead atoms. The molecule has 2 heteroatoms. The molecule has 1 rings (SSSR count). The van der Waals surface area contributed by atoms with Crippen LogP contribution in [0.3, 0.4) is 0 Å². The average Bonchev–Trinajstić information content (AvgIpc) is 2.30. The fraction of sp³-hybridized carbons (Fsp3) is 1.00. The molecular formula is C14H29NO. The molecule has 16 heavy (non-hydrogen) atoms. The topological polar surface area (TPSA) is 32.3 Å². The molecule has 0 saturated carbocycles. The Labute approximate surface area is 101 Å². The van der Waals surface area contributed by atoms with Gasteiger partial charge in [0.15, 0.2) is 0 Å². The summed E-state index contributed by atoms with van der Waals surface area (Å²) in [6.07, 6.45) is 9.81. The van der Waals surface area contributed by atoms with E-state index in [2.05, 4.69) is 12.2 Å². The summed E-state index contributed by atoms with van der Waals surface area (Å²) in [5.74, 6) is 0.465. The first-order chi connectivity index (χ1) is 7.67. The summed E-state index contributed by atoms with van der Waals surface area (Å²) in [6.45, 7) is 6.40. The Kier molecular flexibility index (Phi) is 6.37. The first-order valence-corrected chi connectivity index (χ1v) is 7.10. The van der Waals surface area contributed by atoms with E-state index in [1.165, 1.54) is 44.9 Å². The lowest BCUT2D eigenvalue weighted by atomic mass is 9.80. The highest BCUT2D eigenvalue weighted by Gasteiger charge is 2.31. The van der Waals surface area contributed by atoms with E-state index < -0.39 is 5.60 Å². The molecule has 1 fully saturated rings. The SMILES string of the molecule is CCCCCCCC(C)(O)C1CCCNC1. The molecule has 0 aliphatic carbocycles. The highest BCUT2D eigenvalue weighted by Crippen LogP contribution is 2.28. The minimum absolute atomic E-state index is 0.445. The molecular weight excluding hydrogens is 198 g/mol. The van der Waals surface area contributed by atoms with E-state index in [1.54, 1.807) is 0 Å².